The van der Waals surface area contributed by atoms with E-state index in [1.165, 1.54) is 0 Å². The van der Waals surface area contributed by atoms with E-state index in [4.69, 9.17) is 9.47 Å². The molecule has 31 heavy (non-hydrogen) atoms. The topological polar surface area (TPSA) is 120 Å². The van der Waals surface area contributed by atoms with E-state index in [0.29, 0.717) is 34.4 Å². The summed E-state index contributed by atoms with van der Waals surface area (Å²) in [6, 6.07) is 13.1. The monoisotopic (exact) mass is 417 g/mol. The first kappa shape index (κ1) is 18.8. The van der Waals surface area contributed by atoms with Gasteiger partial charge in [0.2, 0.25) is 5.95 Å². The molecular weight excluding hydrogens is 398 g/mol. The molecule has 0 saturated heterocycles. The van der Waals surface area contributed by atoms with Crippen molar-refractivity contribution in [3.8, 4) is 22.8 Å². The molecule has 0 fully saturated rings. The van der Waals surface area contributed by atoms with Gasteiger partial charge in [-0.2, -0.15) is 9.78 Å². The number of ether oxygens (including phenoxy) is 2. The molecule has 0 radical (unpaired) electrons. The lowest BCUT2D eigenvalue weighted by molar-refractivity contribution is 0.355. The van der Waals surface area contributed by atoms with Crippen molar-refractivity contribution in [2.45, 2.75) is 13.0 Å². The molecule has 0 spiro atoms. The summed E-state index contributed by atoms with van der Waals surface area (Å²) in [6.07, 6.45) is 0. The highest BCUT2D eigenvalue weighted by atomic mass is 16.5. The molecule has 156 valence electrons. The van der Waals surface area contributed by atoms with Gasteiger partial charge in [0.15, 0.2) is 11.5 Å². The van der Waals surface area contributed by atoms with Crippen LogP contribution >= 0.6 is 0 Å². The van der Waals surface area contributed by atoms with Crippen LogP contribution in [0.3, 0.4) is 0 Å². The van der Waals surface area contributed by atoms with E-state index in [1.54, 1.807) is 25.0 Å². The fraction of sp³-hybridized carbons (Fsp3) is 0.190. The molecule has 3 heterocycles. The number of hydrogen-bond donors (Lipinski definition) is 2. The zero-order valence-corrected chi connectivity index (χ0v) is 17.1. The lowest BCUT2D eigenvalue weighted by atomic mass is 9.92. The third kappa shape index (κ3) is 3.00. The zero-order valence-electron chi connectivity index (χ0n) is 17.1. The minimum Gasteiger partial charge on any atom is -0.493 e. The minimum absolute atomic E-state index is 0.354. The number of aromatic nitrogens is 6. The summed E-state index contributed by atoms with van der Waals surface area (Å²) in [5, 5.41) is 22.0. The first-order valence-electron chi connectivity index (χ1n) is 9.57. The summed E-state index contributed by atoms with van der Waals surface area (Å²) in [5.74, 6) is 1.54. The van der Waals surface area contributed by atoms with Gasteiger partial charge in [-0.05, 0) is 41.1 Å². The molecule has 2 aromatic carbocycles. The molecule has 0 unspecified atom stereocenters. The van der Waals surface area contributed by atoms with Crippen molar-refractivity contribution < 1.29 is 9.47 Å². The van der Waals surface area contributed by atoms with Gasteiger partial charge in [0.25, 0.3) is 5.56 Å². The SMILES string of the molecule is COc1ccc(-c2n[nH]c(=O)c3c2[C@@H](c2ccc(C)cc2)n2nnnc2N3)cc1OC. The number of nitrogens with zero attached hydrogens (tertiary/aromatic N) is 5. The Morgan fingerprint density at radius 3 is 2.55 bits per heavy atom. The van der Waals surface area contributed by atoms with Crippen LogP contribution in [0.4, 0.5) is 11.6 Å². The van der Waals surface area contributed by atoms with E-state index >= 15 is 0 Å². The van der Waals surface area contributed by atoms with Crippen LogP contribution in [0.5, 0.6) is 11.5 Å². The number of anilines is 2. The Bertz CT molecular complexity index is 1330. The minimum atomic E-state index is -0.445. The van der Waals surface area contributed by atoms with E-state index in [9.17, 15) is 4.79 Å². The van der Waals surface area contributed by atoms with Gasteiger partial charge in [0.05, 0.1) is 19.9 Å². The number of nitrogens with one attached hydrogen (secondary N) is 2. The number of benzene rings is 2. The second kappa shape index (κ2) is 7.24. The van der Waals surface area contributed by atoms with Crippen molar-refractivity contribution in [2.75, 3.05) is 19.5 Å². The Hall–Kier alpha value is -4.21. The van der Waals surface area contributed by atoms with Gasteiger partial charge in [0.1, 0.15) is 11.7 Å². The molecule has 0 amide bonds. The molecule has 4 aromatic rings. The summed E-state index contributed by atoms with van der Waals surface area (Å²) in [6.45, 7) is 2.02. The third-order valence-electron chi connectivity index (χ3n) is 5.32. The number of tetrazole rings is 1. The number of aryl methyl sites for hydroxylation is 1. The van der Waals surface area contributed by atoms with E-state index in [2.05, 4.69) is 31.0 Å². The van der Waals surface area contributed by atoms with Crippen LogP contribution in [0.25, 0.3) is 11.3 Å². The van der Waals surface area contributed by atoms with Gasteiger partial charge < -0.3 is 14.8 Å². The second-order valence-corrected chi connectivity index (χ2v) is 7.15. The fourth-order valence-corrected chi connectivity index (χ4v) is 3.80. The summed E-state index contributed by atoms with van der Waals surface area (Å²) in [7, 11) is 3.15. The smallest absolute Gasteiger partial charge is 0.288 e. The maximum Gasteiger partial charge on any atom is 0.288 e. The lowest BCUT2D eigenvalue weighted by Gasteiger charge is -2.28. The molecule has 0 saturated carbocycles. The Morgan fingerprint density at radius 1 is 1.03 bits per heavy atom. The summed E-state index contributed by atoms with van der Waals surface area (Å²) < 4.78 is 12.5. The standard InChI is InChI=1S/C21H19N7O3/c1-11-4-6-12(7-5-11)19-16-17(13-8-9-14(30-2)15(10-13)31-3)23-24-20(29)18(16)22-21-25-26-27-28(19)21/h4-10,19H,1-3H3,(H,24,29)(H,22,25,27)/t19-/m1/s1. The quantitative estimate of drug-likeness (QED) is 0.458. The third-order valence-corrected chi connectivity index (χ3v) is 5.32. The maximum atomic E-state index is 12.7. The van der Waals surface area contributed by atoms with Crippen molar-refractivity contribution in [1.29, 1.82) is 0 Å². The summed E-state index contributed by atoms with van der Waals surface area (Å²) in [4.78, 5) is 12.7. The molecule has 0 bridgehead atoms. The van der Waals surface area contributed by atoms with Crippen molar-refractivity contribution >= 4 is 11.6 Å². The van der Waals surface area contributed by atoms with Crippen molar-refractivity contribution in [3.63, 3.8) is 0 Å². The summed E-state index contributed by atoms with van der Waals surface area (Å²) >= 11 is 0. The number of fused-ring (bicyclic) bond motifs is 2. The van der Waals surface area contributed by atoms with Crippen molar-refractivity contribution in [2.24, 2.45) is 0 Å². The average Bonchev–Trinajstić information content (AvgIpc) is 3.27. The highest BCUT2D eigenvalue weighted by Crippen LogP contribution is 2.42. The molecule has 10 nitrogen and oxygen atoms in total. The van der Waals surface area contributed by atoms with Crippen LogP contribution in [0.1, 0.15) is 22.7 Å². The number of aromatic amines is 1. The Morgan fingerprint density at radius 2 is 1.81 bits per heavy atom. The number of methoxy groups -OCH3 is 2. The van der Waals surface area contributed by atoms with Gasteiger partial charge in [-0.25, -0.2) is 5.10 Å². The zero-order chi connectivity index (χ0) is 21.5. The number of hydrogen-bond acceptors (Lipinski definition) is 8. The Kier molecular flexibility index (Phi) is 4.39. The largest absolute Gasteiger partial charge is 0.493 e. The van der Waals surface area contributed by atoms with E-state index in [-0.39, 0.29) is 5.56 Å². The second-order valence-electron chi connectivity index (χ2n) is 7.15. The normalized spacial score (nSPS) is 14.4. The maximum absolute atomic E-state index is 12.7. The van der Waals surface area contributed by atoms with E-state index < -0.39 is 6.04 Å². The molecule has 0 aliphatic carbocycles. The van der Waals surface area contributed by atoms with Crippen LogP contribution in [0.15, 0.2) is 47.3 Å². The van der Waals surface area contributed by atoms with E-state index in [1.807, 2.05) is 43.3 Å². The van der Waals surface area contributed by atoms with Gasteiger partial charge >= 0.3 is 0 Å². The molecule has 1 atom stereocenters. The van der Waals surface area contributed by atoms with Crippen LogP contribution in [0.2, 0.25) is 0 Å². The van der Waals surface area contributed by atoms with Gasteiger partial charge in [0, 0.05) is 11.1 Å². The molecule has 10 heteroatoms. The predicted molar refractivity (Wildman–Crippen MR) is 113 cm³/mol. The Labute approximate surface area is 176 Å². The average molecular weight is 417 g/mol. The first-order valence-corrected chi connectivity index (χ1v) is 9.57. The van der Waals surface area contributed by atoms with Crippen molar-refractivity contribution in [3.05, 3.63) is 69.5 Å². The molecule has 2 aromatic heterocycles. The number of H-pyrrole nitrogens is 1. The highest BCUT2D eigenvalue weighted by Gasteiger charge is 2.34. The molecule has 1 aliphatic heterocycles. The van der Waals surface area contributed by atoms with Gasteiger partial charge in [-0.3, -0.25) is 4.79 Å². The number of rotatable bonds is 4. The van der Waals surface area contributed by atoms with Crippen molar-refractivity contribution in [1.82, 2.24) is 30.4 Å². The van der Waals surface area contributed by atoms with Crippen LogP contribution in [-0.4, -0.2) is 44.6 Å². The molecular formula is C21H19N7O3. The first-order chi connectivity index (χ1) is 15.1. The van der Waals surface area contributed by atoms with Crippen LogP contribution < -0.4 is 20.3 Å². The molecule has 1 aliphatic rings. The van der Waals surface area contributed by atoms with Crippen LogP contribution in [0, 0.1) is 6.92 Å². The van der Waals surface area contributed by atoms with E-state index in [0.717, 1.165) is 16.7 Å². The molecule has 2 N–H and O–H groups in total. The predicted octanol–water partition coefficient (Wildman–Crippen LogP) is 2.44. The fourth-order valence-electron chi connectivity index (χ4n) is 3.80. The highest BCUT2D eigenvalue weighted by molar-refractivity contribution is 5.76. The molecule has 5 rings (SSSR count). The summed E-state index contributed by atoms with van der Waals surface area (Å²) in [5.41, 5.74) is 4.04. The Balaban J connectivity index is 1.78. The van der Waals surface area contributed by atoms with Crippen LogP contribution in [-0.2, 0) is 0 Å². The lowest BCUT2D eigenvalue weighted by Crippen LogP contribution is -2.29. The van der Waals surface area contributed by atoms with Gasteiger partial charge in [-0.1, -0.05) is 34.9 Å². The van der Waals surface area contributed by atoms with Gasteiger partial charge in [-0.15, -0.1) is 0 Å².